The molecule has 0 rings (SSSR count). The van der Waals surface area contributed by atoms with Gasteiger partial charge in [-0.2, -0.15) is 0 Å². The lowest BCUT2D eigenvalue weighted by Gasteiger charge is -2.16. The maximum Gasteiger partial charge on any atom is 0.306 e. The maximum absolute atomic E-state index is 12.2. The topological polar surface area (TPSA) is 93.1 Å². The zero-order chi connectivity index (χ0) is 37.3. The first-order valence-corrected chi connectivity index (χ1v) is 21.3. The molecule has 0 aromatic carbocycles. The highest BCUT2D eigenvalue weighted by Gasteiger charge is 2.16. The van der Waals surface area contributed by atoms with Crippen molar-refractivity contribution >= 4 is 11.9 Å². The summed E-state index contributed by atoms with van der Waals surface area (Å²) in [6, 6.07) is 0. The number of carbonyl (C=O) groups is 2. The van der Waals surface area contributed by atoms with Crippen LogP contribution in [0.5, 0.6) is 0 Å². The van der Waals surface area contributed by atoms with E-state index in [9.17, 15) is 19.8 Å². The van der Waals surface area contributed by atoms with E-state index in [-0.39, 0.29) is 25.6 Å². The predicted octanol–water partition coefficient (Wildman–Crippen LogP) is 12.4. The van der Waals surface area contributed by atoms with Crippen LogP contribution >= 0.6 is 0 Å². The normalized spacial score (nSPS) is 13.3. The second-order valence-electron chi connectivity index (χ2n) is 14.3. The third-order valence-corrected chi connectivity index (χ3v) is 9.23. The molecule has 0 unspecified atom stereocenters. The van der Waals surface area contributed by atoms with Crippen LogP contribution in [-0.2, 0) is 19.1 Å². The molecular weight excluding hydrogens is 636 g/mol. The summed E-state index contributed by atoms with van der Waals surface area (Å²) in [6.07, 6.45) is 47.8. The molecule has 0 radical (unpaired) electrons. The Kier molecular flexibility index (Phi) is 38.9. The van der Waals surface area contributed by atoms with Gasteiger partial charge in [0.25, 0.3) is 0 Å². The molecule has 2 N–H and O–H groups in total. The minimum Gasteiger partial charge on any atom is -0.462 e. The minimum atomic E-state index is -0.844. The predicted molar refractivity (Wildman–Crippen MR) is 216 cm³/mol. The first-order chi connectivity index (χ1) is 25.0. The average molecular weight is 717 g/mol. The summed E-state index contributed by atoms with van der Waals surface area (Å²) in [6.45, 7) is 3.95. The number of esters is 2. The monoisotopic (exact) mass is 717 g/mol. The van der Waals surface area contributed by atoms with Gasteiger partial charge in [0.05, 0.1) is 12.7 Å². The van der Waals surface area contributed by atoms with Crippen LogP contribution in [0.4, 0.5) is 0 Å². The number of unbranched alkanes of at least 4 members (excludes halogenated alkanes) is 21. The smallest absolute Gasteiger partial charge is 0.306 e. The Bertz CT molecular complexity index is 876. The number of aliphatic hydroxyl groups is 2. The van der Waals surface area contributed by atoms with Crippen molar-refractivity contribution < 1.29 is 29.3 Å². The standard InChI is InChI=1S/C45H80O6/c1-3-5-7-9-11-13-15-17-18-19-20-21-22-24-26-28-30-32-34-38-45(49)51-43(40-46)41-50-44(48)39-35-37-42(47)36-33-31-29-27-25-23-16-14-12-10-8-6-4-2/h12,14,23,25,29,31,33,36,42-43,46-47H,3-11,13,15-22,24,26-28,30,32,34-35,37-41H2,1-2H3/b14-12-,25-23-,31-29-,36-33+/t42-,43+/m1/s1. The lowest BCUT2D eigenvalue weighted by atomic mass is 10.0. The van der Waals surface area contributed by atoms with Gasteiger partial charge in [-0.1, -0.05) is 191 Å². The number of aliphatic hydroxyl groups excluding tert-OH is 2. The van der Waals surface area contributed by atoms with Crippen molar-refractivity contribution in [1.29, 1.82) is 0 Å². The fourth-order valence-electron chi connectivity index (χ4n) is 5.95. The Labute approximate surface area is 314 Å². The molecule has 51 heavy (non-hydrogen) atoms. The first kappa shape index (κ1) is 48.8. The molecule has 0 aromatic rings. The van der Waals surface area contributed by atoms with E-state index in [1.807, 2.05) is 18.2 Å². The van der Waals surface area contributed by atoms with E-state index >= 15 is 0 Å². The first-order valence-electron chi connectivity index (χ1n) is 21.3. The van der Waals surface area contributed by atoms with Crippen molar-refractivity contribution in [2.75, 3.05) is 13.2 Å². The van der Waals surface area contributed by atoms with Gasteiger partial charge >= 0.3 is 11.9 Å². The number of ether oxygens (including phenoxy) is 2. The fourth-order valence-corrected chi connectivity index (χ4v) is 5.95. The van der Waals surface area contributed by atoms with Crippen molar-refractivity contribution in [3.8, 4) is 0 Å². The molecule has 296 valence electrons. The Hall–Kier alpha value is -2.18. The molecule has 6 heteroatoms. The molecule has 0 bridgehead atoms. The van der Waals surface area contributed by atoms with E-state index in [1.54, 1.807) is 6.08 Å². The average Bonchev–Trinajstić information content (AvgIpc) is 3.12. The zero-order valence-corrected chi connectivity index (χ0v) is 33.2. The Morgan fingerprint density at radius 2 is 1.02 bits per heavy atom. The summed E-state index contributed by atoms with van der Waals surface area (Å²) in [5.41, 5.74) is 0. The molecule has 0 saturated heterocycles. The highest BCUT2D eigenvalue weighted by Crippen LogP contribution is 2.15. The molecule has 0 aromatic heterocycles. The van der Waals surface area contributed by atoms with E-state index < -0.39 is 18.2 Å². The van der Waals surface area contributed by atoms with E-state index in [1.165, 1.54) is 122 Å². The highest BCUT2D eigenvalue weighted by molar-refractivity contribution is 5.70. The van der Waals surface area contributed by atoms with Crippen molar-refractivity contribution in [2.45, 2.75) is 212 Å². The van der Waals surface area contributed by atoms with Crippen LogP contribution in [0.15, 0.2) is 48.6 Å². The van der Waals surface area contributed by atoms with Crippen LogP contribution in [0.1, 0.15) is 200 Å². The summed E-state index contributed by atoms with van der Waals surface area (Å²) in [4.78, 5) is 24.3. The van der Waals surface area contributed by atoms with Gasteiger partial charge in [-0.3, -0.25) is 9.59 Å². The largest absolute Gasteiger partial charge is 0.462 e. The zero-order valence-electron chi connectivity index (χ0n) is 33.2. The number of allylic oxidation sites excluding steroid dienone is 7. The van der Waals surface area contributed by atoms with Crippen molar-refractivity contribution in [3.63, 3.8) is 0 Å². The summed E-state index contributed by atoms with van der Waals surface area (Å²) in [5.74, 6) is -0.788. The van der Waals surface area contributed by atoms with Gasteiger partial charge in [-0.05, 0) is 44.9 Å². The molecule has 0 amide bonds. The SMILES string of the molecule is CCCCC/C=C\C/C=C\C/C=C\C=C\[C@@H](O)CCCC(=O)OC[C@H](CO)OC(=O)CCCCCCCCCCCCCCCCCCCCC. The summed E-state index contributed by atoms with van der Waals surface area (Å²) >= 11 is 0. The van der Waals surface area contributed by atoms with Crippen molar-refractivity contribution in [3.05, 3.63) is 48.6 Å². The van der Waals surface area contributed by atoms with Gasteiger partial charge in [0.15, 0.2) is 6.10 Å². The lowest BCUT2D eigenvalue weighted by molar-refractivity contribution is -0.161. The van der Waals surface area contributed by atoms with Crippen LogP contribution in [0.3, 0.4) is 0 Å². The van der Waals surface area contributed by atoms with Crippen LogP contribution in [0, 0.1) is 0 Å². The van der Waals surface area contributed by atoms with Crippen LogP contribution in [-0.4, -0.2) is 47.6 Å². The number of hydrogen-bond donors (Lipinski definition) is 2. The molecular formula is C45H80O6. The summed E-state index contributed by atoms with van der Waals surface area (Å²) in [7, 11) is 0. The fraction of sp³-hybridized carbons (Fsp3) is 0.778. The lowest BCUT2D eigenvalue weighted by Crippen LogP contribution is -2.28. The Morgan fingerprint density at radius 3 is 1.57 bits per heavy atom. The van der Waals surface area contributed by atoms with Gasteiger partial charge in [0, 0.05) is 12.8 Å². The van der Waals surface area contributed by atoms with Gasteiger partial charge in [-0.25, -0.2) is 0 Å². The molecule has 0 spiro atoms. The quantitative estimate of drug-likeness (QED) is 0.0286. The number of rotatable bonds is 38. The van der Waals surface area contributed by atoms with Gasteiger partial charge < -0.3 is 19.7 Å². The van der Waals surface area contributed by atoms with Crippen LogP contribution in [0.2, 0.25) is 0 Å². The molecule has 0 saturated carbocycles. The van der Waals surface area contributed by atoms with Gasteiger partial charge in [0.1, 0.15) is 6.61 Å². The molecule has 0 fully saturated rings. The third-order valence-electron chi connectivity index (χ3n) is 9.23. The number of hydrogen-bond acceptors (Lipinski definition) is 6. The van der Waals surface area contributed by atoms with E-state index in [0.29, 0.717) is 19.3 Å². The van der Waals surface area contributed by atoms with E-state index in [4.69, 9.17) is 9.47 Å². The summed E-state index contributed by atoms with van der Waals surface area (Å²) in [5, 5.41) is 19.7. The highest BCUT2D eigenvalue weighted by atomic mass is 16.6. The third kappa shape index (κ3) is 38.9. The van der Waals surface area contributed by atoms with Gasteiger partial charge in [-0.15, -0.1) is 0 Å². The molecule has 6 nitrogen and oxygen atoms in total. The Morgan fingerprint density at radius 1 is 0.549 bits per heavy atom. The van der Waals surface area contributed by atoms with Crippen LogP contribution in [0.25, 0.3) is 0 Å². The minimum absolute atomic E-state index is 0.156. The molecule has 0 aliphatic heterocycles. The van der Waals surface area contributed by atoms with E-state index in [0.717, 1.165) is 38.5 Å². The second-order valence-corrected chi connectivity index (χ2v) is 14.3. The molecule has 0 aliphatic rings. The maximum atomic E-state index is 12.2. The molecule has 0 aliphatic carbocycles. The summed E-state index contributed by atoms with van der Waals surface area (Å²) < 4.78 is 10.5. The molecule has 0 heterocycles. The second kappa shape index (κ2) is 40.6. The van der Waals surface area contributed by atoms with Crippen molar-refractivity contribution in [1.82, 2.24) is 0 Å². The van der Waals surface area contributed by atoms with Gasteiger partial charge in [0.2, 0.25) is 0 Å². The molecule has 2 atom stereocenters. The number of carbonyl (C=O) groups excluding carboxylic acids is 2. The van der Waals surface area contributed by atoms with Crippen molar-refractivity contribution in [2.24, 2.45) is 0 Å². The Balaban J connectivity index is 3.69. The van der Waals surface area contributed by atoms with E-state index in [2.05, 4.69) is 38.2 Å². The van der Waals surface area contributed by atoms with Crippen LogP contribution < -0.4 is 0 Å².